The first kappa shape index (κ1) is 19.1. The van der Waals surface area contributed by atoms with Crippen LogP contribution in [-0.4, -0.2) is 35.0 Å². The molecule has 27 heavy (non-hydrogen) atoms. The summed E-state index contributed by atoms with van der Waals surface area (Å²) in [5, 5.41) is 9.70. The van der Waals surface area contributed by atoms with E-state index in [1.807, 2.05) is 6.07 Å². The fourth-order valence-electron chi connectivity index (χ4n) is 2.20. The summed E-state index contributed by atoms with van der Waals surface area (Å²) in [6, 6.07) is 13.9. The summed E-state index contributed by atoms with van der Waals surface area (Å²) in [4.78, 5) is 28.2. The molecule has 138 valence electrons. The smallest absolute Gasteiger partial charge is 0.316 e. The molecule has 0 spiro atoms. The molecular weight excluding hydrogens is 436 g/mol. The highest BCUT2D eigenvalue weighted by molar-refractivity contribution is 9.10. The lowest BCUT2D eigenvalue weighted by molar-refractivity contribution is 0.0898. The van der Waals surface area contributed by atoms with Gasteiger partial charge in [-0.25, -0.2) is 0 Å². The third kappa shape index (κ3) is 4.93. The van der Waals surface area contributed by atoms with Crippen LogP contribution in [0.3, 0.4) is 0 Å². The number of aromatic nitrogens is 2. The third-order valence-electron chi connectivity index (χ3n) is 3.54. The van der Waals surface area contributed by atoms with Crippen molar-refractivity contribution in [2.45, 2.75) is 0 Å². The average molecular weight is 450 g/mol. The molecule has 0 aliphatic rings. The Kier molecular flexibility index (Phi) is 6.20. The second-order valence-electron chi connectivity index (χ2n) is 5.42. The molecule has 0 radical (unpaired) electrons. The number of carbonyl (C=O) groups is 2. The molecule has 3 rings (SSSR count). The molecular formula is C18H14BrClN4O3. The number of benzene rings is 2. The normalized spacial score (nSPS) is 10.4. The highest BCUT2D eigenvalue weighted by atomic mass is 79.9. The van der Waals surface area contributed by atoms with E-state index in [1.54, 1.807) is 42.5 Å². The molecule has 1 aromatic heterocycles. The van der Waals surface area contributed by atoms with Crippen LogP contribution in [0.2, 0.25) is 5.02 Å². The fourth-order valence-corrected chi connectivity index (χ4v) is 2.79. The van der Waals surface area contributed by atoms with Crippen LogP contribution in [-0.2, 0) is 0 Å². The zero-order valence-corrected chi connectivity index (χ0v) is 16.3. The first-order chi connectivity index (χ1) is 13.0. The van der Waals surface area contributed by atoms with E-state index >= 15 is 0 Å². The SMILES string of the molecule is O=C(NCCNC(=O)c1ccccc1Br)c1nc(-c2ccc(Cl)cc2)no1. The molecule has 2 aromatic carbocycles. The Balaban J connectivity index is 1.49. The average Bonchev–Trinajstić information content (AvgIpc) is 3.16. The van der Waals surface area contributed by atoms with Crippen molar-refractivity contribution in [3.05, 3.63) is 69.5 Å². The number of halogens is 2. The number of amides is 2. The van der Waals surface area contributed by atoms with Crippen molar-refractivity contribution in [3.63, 3.8) is 0 Å². The van der Waals surface area contributed by atoms with Crippen molar-refractivity contribution < 1.29 is 14.1 Å². The summed E-state index contributed by atoms with van der Waals surface area (Å²) in [7, 11) is 0. The predicted octanol–water partition coefficient (Wildman–Crippen LogP) is 3.31. The van der Waals surface area contributed by atoms with Gasteiger partial charge in [-0.05, 0) is 52.3 Å². The lowest BCUT2D eigenvalue weighted by Crippen LogP contribution is -2.34. The van der Waals surface area contributed by atoms with Crippen LogP contribution in [0.25, 0.3) is 11.4 Å². The molecule has 0 atom stereocenters. The maximum absolute atomic E-state index is 12.1. The number of nitrogens with one attached hydrogen (secondary N) is 2. The van der Waals surface area contributed by atoms with Crippen LogP contribution in [0.15, 0.2) is 57.5 Å². The van der Waals surface area contributed by atoms with Crippen LogP contribution in [0.1, 0.15) is 21.0 Å². The number of nitrogens with zero attached hydrogens (tertiary/aromatic N) is 2. The third-order valence-corrected chi connectivity index (χ3v) is 4.48. The van der Waals surface area contributed by atoms with E-state index in [2.05, 4.69) is 36.7 Å². The summed E-state index contributed by atoms with van der Waals surface area (Å²) < 4.78 is 5.68. The number of hydrogen-bond acceptors (Lipinski definition) is 5. The summed E-state index contributed by atoms with van der Waals surface area (Å²) >= 11 is 9.15. The highest BCUT2D eigenvalue weighted by Gasteiger charge is 2.16. The zero-order valence-electron chi connectivity index (χ0n) is 13.9. The van der Waals surface area contributed by atoms with Crippen LogP contribution in [0, 0.1) is 0 Å². The van der Waals surface area contributed by atoms with Gasteiger partial charge in [0.05, 0.1) is 5.56 Å². The Bertz CT molecular complexity index is 959. The molecule has 0 bridgehead atoms. The topological polar surface area (TPSA) is 97.1 Å². The number of rotatable bonds is 6. The molecule has 7 nitrogen and oxygen atoms in total. The summed E-state index contributed by atoms with van der Waals surface area (Å²) in [6.07, 6.45) is 0. The van der Waals surface area contributed by atoms with Crippen molar-refractivity contribution >= 4 is 39.3 Å². The number of hydrogen-bond donors (Lipinski definition) is 2. The van der Waals surface area contributed by atoms with Crippen LogP contribution < -0.4 is 10.6 Å². The van der Waals surface area contributed by atoms with E-state index in [4.69, 9.17) is 16.1 Å². The molecule has 2 N–H and O–H groups in total. The second-order valence-corrected chi connectivity index (χ2v) is 6.71. The highest BCUT2D eigenvalue weighted by Crippen LogP contribution is 2.18. The maximum atomic E-state index is 12.1. The van der Waals surface area contributed by atoms with E-state index in [1.165, 1.54) is 0 Å². The zero-order chi connectivity index (χ0) is 19.2. The summed E-state index contributed by atoms with van der Waals surface area (Å²) in [5.74, 6) is -0.617. The Morgan fingerprint density at radius 2 is 1.67 bits per heavy atom. The molecule has 0 saturated carbocycles. The molecule has 0 fully saturated rings. The van der Waals surface area contributed by atoms with Crippen LogP contribution >= 0.6 is 27.5 Å². The van der Waals surface area contributed by atoms with Gasteiger partial charge >= 0.3 is 11.8 Å². The van der Waals surface area contributed by atoms with Crippen molar-refractivity contribution in [2.24, 2.45) is 0 Å². The first-order valence-corrected chi connectivity index (χ1v) is 9.12. The van der Waals surface area contributed by atoms with Crippen molar-refractivity contribution in [1.29, 1.82) is 0 Å². The van der Waals surface area contributed by atoms with Gasteiger partial charge < -0.3 is 15.2 Å². The Morgan fingerprint density at radius 1 is 1.00 bits per heavy atom. The molecule has 0 aliphatic carbocycles. The molecule has 0 aliphatic heterocycles. The molecule has 0 unspecified atom stereocenters. The van der Waals surface area contributed by atoms with E-state index in [0.717, 1.165) is 0 Å². The summed E-state index contributed by atoms with van der Waals surface area (Å²) in [6.45, 7) is 0.470. The van der Waals surface area contributed by atoms with Crippen molar-refractivity contribution in [3.8, 4) is 11.4 Å². The molecule has 2 amide bonds. The van der Waals surface area contributed by atoms with Crippen molar-refractivity contribution in [1.82, 2.24) is 20.8 Å². The fraction of sp³-hybridized carbons (Fsp3) is 0.111. The van der Waals surface area contributed by atoms with Gasteiger partial charge in [-0.2, -0.15) is 4.98 Å². The van der Waals surface area contributed by atoms with Gasteiger partial charge in [0.1, 0.15) is 0 Å². The summed E-state index contributed by atoms with van der Waals surface area (Å²) in [5.41, 5.74) is 1.20. The molecule has 0 saturated heterocycles. The van der Waals surface area contributed by atoms with Gasteiger partial charge in [-0.15, -0.1) is 0 Å². The first-order valence-electron chi connectivity index (χ1n) is 7.95. The van der Waals surface area contributed by atoms with Crippen molar-refractivity contribution in [2.75, 3.05) is 13.1 Å². The molecule has 1 heterocycles. The van der Waals surface area contributed by atoms with E-state index in [-0.39, 0.29) is 24.9 Å². The lowest BCUT2D eigenvalue weighted by atomic mass is 10.2. The van der Waals surface area contributed by atoms with E-state index in [0.29, 0.717) is 26.4 Å². The van der Waals surface area contributed by atoms with Crippen LogP contribution in [0.5, 0.6) is 0 Å². The molecule has 3 aromatic rings. The minimum absolute atomic E-state index is 0.155. The Morgan fingerprint density at radius 3 is 2.37 bits per heavy atom. The number of carbonyl (C=O) groups excluding carboxylic acids is 2. The largest absolute Gasteiger partial charge is 0.350 e. The van der Waals surface area contributed by atoms with Gasteiger partial charge in [0.2, 0.25) is 5.82 Å². The minimum atomic E-state index is -0.516. The van der Waals surface area contributed by atoms with Gasteiger partial charge in [-0.3, -0.25) is 9.59 Å². The molecule has 9 heteroatoms. The Hall–Kier alpha value is -2.71. The van der Waals surface area contributed by atoms with Gasteiger partial charge in [0, 0.05) is 28.1 Å². The lowest BCUT2D eigenvalue weighted by Gasteiger charge is -2.07. The quantitative estimate of drug-likeness (QED) is 0.563. The monoisotopic (exact) mass is 448 g/mol. The van der Waals surface area contributed by atoms with Gasteiger partial charge in [0.25, 0.3) is 5.91 Å². The standard InChI is InChI=1S/C18H14BrClN4O3/c19-14-4-2-1-3-13(14)16(25)21-9-10-22-17(26)18-23-15(24-27-18)11-5-7-12(20)8-6-11/h1-8H,9-10H2,(H,21,25)(H,22,26). The van der Waals surface area contributed by atoms with Gasteiger partial charge in [0.15, 0.2) is 0 Å². The van der Waals surface area contributed by atoms with Crippen LogP contribution in [0.4, 0.5) is 0 Å². The maximum Gasteiger partial charge on any atom is 0.316 e. The van der Waals surface area contributed by atoms with Gasteiger partial charge in [-0.1, -0.05) is 28.9 Å². The van der Waals surface area contributed by atoms with E-state index < -0.39 is 5.91 Å². The van der Waals surface area contributed by atoms with E-state index in [9.17, 15) is 9.59 Å². The minimum Gasteiger partial charge on any atom is -0.350 e. The second kappa shape index (κ2) is 8.79. The Labute approximate surface area is 168 Å². The predicted molar refractivity (Wildman–Crippen MR) is 104 cm³/mol.